The van der Waals surface area contributed by atoms with E-state index >= 15 is 0 Å². The average molecular weight is 713 g/mol. The highest BCUT2D eigenvalue weighted by Crippen LogP contribution is 2.41. The first-order valence-electron chi connectivity index (χ1n) is 18.5. The molecule has 11 rings (SSSR count). The predicted octanol–water partition coefficient (Wildman–Crippen LogP) is 14.1. The number of fused-ring (bicyclic) bond motifs is 9. The van der Waals surface area contributed by atoms with Crippen molar-refractivity contribution in [2.75, 3.05) is 5.75 Å². The third-order valence-electron chi connectivity index (χ3n) is 10.5. The van der Waals surface area contributed by atoms with Gasteiger partial charge in [0.15, 0.2) is 5.58 Å². The van der Waals surface area contributed by atoms with Gasteiger partial charge in [-0.3, -0.25) is 0 Å². The number of hydrogen-bond donors (Lipinski definition) is 1. The molecule has 0 unspecified atom stereocenters. The monoisotopic (exact) mass is 712 g/mol. The minimum atomic E-state index is 0.884. The van der Waals surface area contributed by atoms with Crippen molar-refractivity contribution in [2.45, 2.75) is 6.92 Å². The fraction of sp³-hybridized carbons (Fsp3) is 0.0400. The Bertz CT molecular complexity index is 3150. The zero-order valence-corrected chi connectivity index (χ0v) is 30.7. The van der Waals surface area contributed by atoms with Crippen molar-refractivity contribution >= 4 is 78.2 Å². The normalized spacial score (nSPS) is 11.6. The summed E-state index contributed by atoms with van der Waals surface area (Å²) >= 11 is 3.79. The Morgan fingerprint density at radius 2 is 0.889 bits per heavy atom. The molecule has 54 heavy (non-hydrogen) atoms. The van der Waals surface area contributed by atoms with Crippen LogP contribution in [-0.2, 0) is 0 Å². The number of nitrogens with zero attached hydrogens (tertiary/aromatic N) is 2. The molecule has 0 aliphatic heterocycles. The van der Waals surface area contributed by atoms with Crippen molar-refractivity contribution in [1.29, 1.82) is 0 Å². The van der Waals surface area contributed by atoms with Crippen LogP contribution in [0, 0.1) is 0 Å². The van der Waals surface area contributed by atoms with Crippen LogP contribution in [0.25, 0.3) is 99.2 Å². The number of para-hydroxylation sites is 4. The third kappa shape index (κ3) is 5.13. The highest BCUT2D eigenvalue weighted by atomic mass is 32.1. The zero-order valence-electron chi connectivity index (χ0n) is 29.8. The smallest absolute Gasteiger partial charge is 0.159 e. The first-order chi connectivity index (χ1) is 26.7. The lowest BCUT2D eigenvalue weighted by Crippen LogP contribution is -1.94. The molecule has 0 radical (unpaired) electrons. The summed E-state index contributed by atoms with van der Waals surface area (Å²) in [5.41, 5.74) is 13.5. The number of hydrogen-bond acceptors (Lipinski definition) is 2. The van der Waals surface area contributed by atoms with Crippen LogP contribution in [0.3, 0.4) is 0 Å². The Kier molecular flexibility index (Phi) is 7.85. The van der Waals surface area contributed by atoms with Crippen molar-refractivity contribution in [1.82, 2.24) is 9.13 Å². The Morgan fingerprint density at radius 1 is 0.407 bits per heavy atom. The largest absolute Gasteiger partial charge is 0.454 e. The zero-order chi connectivity index (χ0) is 36.2. The van der Waals surface area contributed by atoms with Gasteiger partial charge >= 0.3 is 0 Å². The lowest BCUT2D eigenvalue weighted by Gasteiger charge is -2.09. The van der Waals surface area contributed by atoms with E-state index in [-0.39, 0.29) is 0 Å². The molecule has 0 aliphatic carbocycles. The average Bonchev–Trinajstić information content (AvgIpc) is 3.89. The molecular formula is C50H36N2OS. The summed E-state index contributed by atoms with van der Waals surface area (Å²) in [5.74, 6) is 0.944. The number of thiol groups is 1. The molecule has 0 aliphatic rings. The van der Waals surface area contributed by atoms with Gasteiger partial charge in [-0.1, -0.05) is 122 Å². The maximum atomic E-state index is 6.75. The quantitative estimate of drug-likeness (QED) is 0.180. The van der Waals surface area contributed by atoms with Crippen molar-refractivity contribution in [3.8, 4) is 33.6 Å². The van der Waals surface area contributed by atoms with E-state index in [0.717, 1.165) is 44.4 Å². The number of aromatic nitrogens is 2. The van der Waals surface area contributed by atoms with Gasteiger partial charge in [-0.15, -0.1) is 0 Å². The molecule has 0 amide bonds. The van der Waals surface area contributed by atoms with E-state index in [0.29, 0.717) is 0 Å². The topological polar surface area (TPSA) is 23.0 Å². The summed E-state index contributed by atoms with van der Waals surface area (Å²) in [4.78, 5) is 0. The van der Waals surface area contributed by atoms with Crippen molar-refractivity contribution in [3.63, 3.8) is 0 Å². The molecule has 0 spiro atoms. The molecule has 0 bridgehead atoms. The first kappa shape index (κ1) is 32.2. The maximum Gasteiger partial charge on any atom is 0.159 e. The molecule has 8 aromatic carbocycles. The maximum absolute atomic E-state index is 6.75. The molecule has 11 aromatic rings. The summed E-state index contributed by atoms with van der Waals surface area (Å²) in [6.45, 7) is 1.99. The van der Waals surface area contributed by atoms with Crippen LogP contribution in [0.4, 0.5) is 0 Å². The van der Waals surface area contributed by atoms with Crippen LogP contribution < -0.4 is 0 Å². The molecule has 0 N–H and O–H groups in total. The van der Waals surface area contributed by atoms with E-state index in [1.807, 2.05) is 6.92 Å². The molecule has 0 fully saturated rings. The molecule has 0 atom stereocenters. The van der Waals surface area contributed by atoms with Crippen molar-refractivity contribution in [2.24, 2.45) is 0 Å². The predicted molar refractivity (Wildman–Crippen MR) is 233 cm³/mol. The Labute approximate surface area is 318 Å². The highest BCUT2D eigenvalue weighted by Gasteiger charge is 2.19. The van der Waals surface area contributed by atoms with Crippen molar-refractivity contribution in [3.05, 3.63) is 182 Å². The highest BCUT2D eigenvalue weighted by molar-refractivity contribution is 7.80. The minimum absolute atomic E-state index is 0.884. The van der Waals surface area contributed by atoms with Crippen LogP contribution in [0.5, 0.6) is 0 Å². The molecule has 0 saturated carbocycles. The van der Waals surface area contributed by atoms with Crippen molar-refractivity contribution < 1.29 is 4.42 Å². The Morgan fingerprint density at radius 3 is 1.56 bits per heavy atom. The third-order valence-corrected chi connectivity index (χ3v) is 10.5. The van der Waals surface area contributed by atoms with Crippen LogP contribution >= 0.6 is 12.6 Å². The van der Waals surface area contributed by atoms with E-state index in [1.54, 1.807) is 0 Å². The summed E-state index contributed by atoms with van der Waals surface area (Å²) in [6, 6.07) is 65.4. The minimum Gasteiger partial charge on any atom is -0.454 e. The standard InChI is InChI=1S/C48H30N2O.C2H6S/c1-3-12-31(13-4-1)32-22-26-45-40(28-32)37-17-8-10-20-43(37)50(45)46-21-11-18-38-41-30-34(24-27-47(41)51-48(38)46)33-23-25-44-39(29-33)36-16-7-9-19-42(36)49(44)35-14-5-2-6-15-35;1-2-3/h1-30H;3H,2H2,1H3. The van der Waals surface area contributed by atoms with Crippen LogP contribution in [0.2, 0.25) is 0 Å². The van der Waals surface area contributed by atoms with Gasteiger partial charge in [0, 0.05) is 38.0 Å². The Balaban J connectivity index is 0.00000117. The SMILES string of the molecule is CCS.c1ccc(-c2ccc3c(c2)c2ccccc2n3-c2cccc3c2oc2ccc(-c4ccc5c(c4)c4ccccc4n5-c4ccccc4)cc23)cc1. The van der Waals surface area contributed by atoms with Crippen LogP contribution in [-0.4, -0.2) is 14.9 Å². The molecular weight excluding hydrogens is 677 g/mol. The summed E-state index contributed by atoms with van der Waals surface area (Å²) in [7, 11) is 0. The molecule has 3 aromatic heterocycles. The second-order valence-electron chi connectivity index (χ2n) is 13.7. The van der Waals surface area contributed by atoms with Crippen LogP contribution in [0.1, 0.15) is 6.92 Å². The molecule has 0 saturated heterocycles. The van der Waals surface area contributed by atoms with Crippen LogP contribution in [0.15, 0.2) is 186 Å². The fourth-order valence-electron chi connectivity index (χ4n) is 8.19. The molecule has 4 heteroatoms. The summed E-state index contributed by atoms with van der Waals surface area (Å²) < 4.78 is 11.5. The van der Waals surface area contributed by atoms with E-state index in [2.05, 4.69) is 204 Å². The van der Waals surface area contributed by atoms with Gasteiger partial charge in [-0.2, -0.15) is 12.6 Å². The molecule has 3 heterocycles. The molecule has 258 valence electrons. The number of rotatable bonds is 4. The second-order valence-corrected chi connectivity index (χ2v) is 14.3. The Hall–Kier alpha value is -6.49. The number of furan rings is 1. The van der Waals surface area contributed by atoms with Gasteiger partial charge in [-0.25, -0.2) is 0 Å². The van der Waals surface area contributed by atoms with Gasteiger partial charge in [0.25, 0.3) is 0 Å². The van der Waals surface area contributed by atoms with Gasteiger partial charge < -0.3 is 13.6 Å². The van der Waals surface area contributed by atoms with Gasteiger partial charge in [-0.05, 0) is 94.7 Å². The van der Waals surface area contributed by atoms with E-state index in [1.165, 1.54) is 60.5 Å². The lowest BCUT2D eigenvalue weighted by molar-refractivity contribution is 0.666. The summed E-state index contributed by atoms with van der Waals surface area (Å²) in [5, 5.41) is 7.17. The van der Waals surface area contributed by atoms with Gasteiger partial charge in [0.05, 0.1) is 27.8 Å². The van der Waals surface area contributed by atoms with E-state index in [9.17, 15) is 0 Å². The lowest BCUT2D eigenvalue weighted by atomic mass is 10.0. The first-order valence-corrected chi connectivity index (χ1v) is 19.1. The van der Waals surface area contributed by atoms with E-state index in [4.69, 9.17) is 4.42 Å². The van der Waals surface area contributed by atoms with E-state index < -0.39 is 0 Å². The molecule has 3 nitrogen and oxygen atoms in total. The number of benzene rings is 8. The summed E-state index contributed by atoms with van der Waals surface area (Å²) in [6.07, 6.45) is 0. The van der Waals surface area contributed by atoms with Gasteiger partial charge in [0.1, 0.15) is 5.58 Å². The van der Waals surface area contributed by atoms with Gasteiger partial charge in [0.2, 0.25) is 0 Å². The fourth-order valence-corrected chi connectivity index (χ4v) is 8.19. The second kappa shape index (κ2) is 13.2.